The van der Waals surface area contributed by atoms with E-state index in [1.54, 1.807) is 20.8 Å². The lowest BCUT2D eigenvalue weighted by atomic mass is 9.86. The molecule has 3 nitrogen and oxygen atoms in total. The van der Waals surface area contributed by atoms with Crippen LogP contribution in [0.25, 0.3) is 0 Å². The van der Waals surface area contributed by atoms with Crippen molar-refractivity contribution in [3.8, 4) is 0 Å². The summed E-state index contributed by atoms with van der Waals surface area (Å²) < 4.78 is 0. The van der Waals surface area contributed by atoms with Crippen LogP contribution in [-0.4, -0.2) is 28.0 Å². The minimum absolute atomic E-state index is 0. The average Bonchev–Trinajstić information content (AvgIpc) is 1.64. The molecule has 0 saturated carbocycles. The Bertz CT molecular complexity index is 98.4. The molecule has 4 heteroatoms. The van der Waals surface area contributed by atoms with Gasteiger partial charge in [0.15, 0.2) is 0 Å². The van der Waals surface area contributed by atoms with Crippen molar-refractivity contribution in [1.29, 1.82) is 0 Å². The number of hydrogen-bond acceptors (Lipinski definition) is 3. The zero-order chi connectivity index (χ0) is 7.71. The molecular weight excluding hydrogens is 154 g/mol. The molecule has 0 aliphatic carbocycles. The number of aliphatic hydroxyl groups is 2. The van der Waals surface area contributed by atoms with Crippen LogP contribution in [0.2, 0.25) is 0 Å². The lowest BCUT2D eigenvalue weighted by Crippen LogP contribution is -2.57. The highest BCUT2D eigenvalue weighted by Crippen LogP contribution is 2.16. The van der Waals surface area contributed by atoms with Crippen LogP contribution in [0.3, 0.4) is 0 Å². The lowest BCUT2D eigenvalue weighted by Gasteiger charge is -2.34. The predicted octanol–water partition coefficient (Wildman–Crippen LogP) is -0.111. The molecule has 0 heterocycles. The Hall–Kier alpha value is 0.170. The van der Waals surface area contributed by atoms with Gasteiger partial charge in [-0.2, -0.15) is 0 Å². The molecule has 0 radical (unpaired) electrons. The Morgan fingerprint density at radius 1 is 1.30 bits per heavy atom. The van der Waals surface area contributed by atoms with Crippen molar-refractivity contribution < 1.29 is 10.2 Å². The highest BCUT2D eigenvalue weighted by molar-refractivity contribution is 5.85. The van der Waals surface area contributed by atoms with Crippen LogP contribution in [0.4, 0.5) is 0 Å². The molecule has 0 saturated heterocycles. The van der Waals surface area contributed by atoms with Gasteiger partial charge >= 0.3 is 0 Å². The molecule has 0 aromatic heterocycles. The number of nitrogens with two attached hydrogens (primary N) is 1. The number of rotatable bonds is 2. The smallest absolute Gasteiger partial charge is 0.0790 e. The van der Waals surface area contributed by atoms with E-state index in [0.717, 1.165) is 0 Å². The molecule has 4 N–H and O–H groups in total. The second-order valence-electron chi connectivity index (χ2n) is 3.13. The van der Waals surface area contributed by atoms with Crippen LogP contribution in [0.15, 0.2) is 0 Å². The summed E-state index contributed by atoms with van der Waals surface area (Å²) in [5.41, 5.74) is 3.56. The standard InChI is InChI=1S/C6H15NO2.ClH/c1-5(2,9)6(3,7)4-8;/h8-9H,4,7H2,1-3H3;1H. The van der Waals surface area contributed by atoms with Gasteiger partial charge < -0.3 is 15.9 Å². The van der Waals surface area contributed by atoms with E-state index in [1.807, 2.05) is 0 Å². The fourth-order valence-corrected chi connectivity index (χ4v) is 0.193. The summed E-state index contributed by atoms with van der Waals surface area (Å²) in [5.74, 6) is 0. The maximum atomic E-state index is 9.26. The maximum absolute atomic E-state index is 9.26. The fourth-order valence-electron chi connectivity index (χ4n) is 0.193. The summed E-state index contributed by atoms with van der Waals surface area (Å²) >= 11 is 0. The van der Waals surface area contributed by atoms with Gasteiger partial charge in [-0.25, -0.2) is 0 Å². The predicted molar refractivity (Wildman–Crippen MR) is 43.2 cm³/mol. The molecule has 1 atom stereocenters. The van der Waals surface area contributed by atoms with Crippen molar-refractivity contribution in [3.63, 3.8) is 0 Å². The van der Waals surface area contributed by atoms with Crippen LogP contribution < -0.4 is 5.73 Å². The second-order valence-corrected chi connectivity index (χ2v) is 3.13. The maximum Gasteiger partial charge on any atom is 0.0790 e. The summed E-state index contributed by atoms with van der Waals surface area (Å²) in [6, 6.07) is 0. The summed E-state index contributed by atoms with van der Waals surface area (Å²) in [6.07, 6.45) is 0. The first kappa shape index (κ1) is 12.8. The van der Waals surface area contributed by atoms with Gasteiger partial charge in [-0.1, -0.05) is 0 Å². The Balaban J connectivity index is 0. The van der Waals surface area contributed by atoms with Crippen LogP contribution in [-0.2, 0) is 0 Å². The first-order valence-electron chi connectivity index (χ1n) is 2.93. The van der Waals surface area contributed by atoms with Gasteiger partial charge in [0.05, 0.1) is 17.7 Å². The van der Waals surface area contributed by atoms with Gasteiger partial charge in [0.1, 0.15) is 0 Å². The van der Waals surface area contributed by atoms with E-state index in [-0.39, 0.29) is 19.0 Å². The minimum Gasteiger partial charge on any atom is -0.394 e. The quantitative estimate of drug-likeness (QED) is 0.541. The van der Waals surface area contributed by atoms with Gasteiger partial charge in [0.25, 0.3) is 0 Å². The van der Waals surface area contributed by atoms with Crippen molar-refractivity contribution in [2.75, 3.05) is 6.61 Å². The van der Waals surface area contributed by atoms with Crippen molar-refractivity contribution in [2.24, 2.45) is 5.73 Å². The van der Waals surface area contributed by atoms with E-state index in [9.17, 15) is 5.11 Å². The van der Waals surface area contributed by atoms with Crippen LogP contribution in [0.1, 0.15) is 20.8 Å². The minimum atomic E-state index is -1.03. The lowest BCUT2D eigenvalue weighted by molar-refractivity contribution is -0.0197. The third kappa shape index (κ3) is 2.84. The zero-order valence-corrected chi connectivity index (χ0v) is 7.40. The van der Waals surface area contributed by atoms with Gasteiger partial charge in [-0.3, -0.25) is 0 Å². The van der Waals surface area contributed by atoms with Crippen LogP contribution >= 0.6 is 12.4 Å². The van der Waals surface area contributed by atoms with Crippen molar-refractivity contribution >= 4 is 12.4 Å². The SMILES string of the molecule is CC(C)(O)C(C)(N)CO.Cl. The molecule has 1 unspecified atom stereocenters. The molecule has 10 heavy (non-hydrogen) atoms. The zero-order valence-electron chi connectivity index (χ0n) is 6.59. The Labute approximate surface area is 67.6 Å². The third-order valence-electron chi connectivity index (χ3n) is 1.73. The van der Waals surface area contributed by atoms with E-state index in [1.165, 1.54) is 0 Å². The van der Waals surface area contributed by atoms with Gasteiger partial charge in [0.2, 0.25) is 0 Å². The Kier molecular flexibility index (Phi) is 4.52. The Morgan fingerprint density at radius 3 is 1.60 bits per heavy atom. The number of aliphatic hydroxyl groups excluding tert-OH is 1. The summed E-state index contributed by atoms with van der Waals surface area (Å²) in [7, 11) is 0. The average molecular weight is 170 g/mol. The molecule has 0 rings (SSSR count). The first-order chi connectivity index (χ1) is 3.81. The van der Waals surface area contributed by atoms with Crippen molar-refractivity contribution in [2.45, 2.75) is 31.9 Å². The molecule has 0 fully saturated rings. The monoisotopic (exact) mass is 169 g/mol. The van der Waals surface area contributed by atoms with E-state index in [0.29, 0.717) is 0 Å². The molecule has 64 valence electrons. The van der Waals surface area contributed by atoms with Gasteiger partial charge in [-0.15, -0.1) is 12.4 Å². The van der Waals surface area contributed by atoms with Crippen LogP contribution in [0, 0.1) is 0 Å². The molecule has 0 bridgehead atoms. The molecule has 0 amide bonds. The first-order valence-corrected chi connectivity index (χ1v) is 2.93. The number of hydrogen-bond donors (Lipinski definition) is 3. The molecular formula is C6H16ClNO2. The van der Waals surface area contributed by atoms with Crippen molar-refractivity contribution in [1.82, 2.24) is 0 Å². The van der Waals surface area contributed by atoms with Gasteiger partial charge in [-0.05, 0) is 20.8 Å². The van der Waals surface area contributed by atoms with E-state index < -0.39 is 11.1 Å². The summed E-state index contributed by atoms with van der Waals surface area (Å²) in [5, 5.41) is 17.9. The molecule has 0 aliphatic rings. The topological polar surface area (TPSA) is 66.5 Å². The van der Waals surface area contributed by atoms with Crippen LogP contribution in [0.5, 0.6) is 0 Å². The molecule has 0 spiro atoms. The fraction of sp³-hybridized carbons (Fsp3) is 1.00. The van der Waals surface area contributed by atoms with Crippen molar-refractivity contribution in [3.05, 3.63) is 0 Å². The Morgan fingerprint density at radius 2 is 1.60 bits per heavy atom. The molecule has 0 aromatic rings. The third-order valence-corrected chi connectivity index (χ3v) is 1.73. The van der Waals surface area contributed by atoms with E-state index >= 15 is 0 Å². The molecule has 0 aromatic carbocycles. The second kappa shape index (κ2) is 3.53. The molecule has 0 aliphatic heterocycles. The highest BCUT2D eigenvalue weighted by atomic mass is 35.5. The van der Waals surface area contributed by atoms with Gasteiger partial charge in [0, 0.05) is 0 Å². The highest BCUT2D eigenvalue weighted by Gasteiger charge is 2.34. The summed E-state index contributed by atoms with van der Waals surface area (Å²) in [6.45, 7) is 4.54. The normalized spacial score (nSPS) is 17.4. The number of halogens is 1. The van der Waals surface area contributed by atoms with E-state index in [2.05, 4.69) is 0 Å². The largest absolute Gasteiger partial charge is 0.394 e. The summed E-state index contributed by atoms with van der Waals surface area (Å²) in [4.78, 5) is 0. The van der Waals surface area contributed by atoms with E-state index in [4.69, 9.17) is 10.8 Å².